The van der Waals surface area contributed by atoms with Crippen LogP contribution in [-0.4, -0.2) is 5.91 Å². The summed E-state index contributed by atoms with van der Waals surface area (Å²) in [6.07, 6.45) is 15.8. The number of unbranched alkanes of at least 4 members (excludes halogenated alkanes) is 10. The maximum atomic E-state index is 12.0. The predicted octanol–water partition coefficient (Wildman–Crippen LogP) is 7.12. The van der Waals surface area contributed by atoms with Gasteiger partial charge in [0.1, 0.15) is 0 Å². The van der Waals surface area contributed by atoms with Crippen molar-refractivity contribution in [3.63, 3.8) is 0 Å². The lowest BCUT2D eigenvalue weighted by molar-refractivity contribution is -0.118. The van der Waals surface area contributed by atoms with Crippen LogP contribution in [0, 0.1) is 0 Å². The number of carbonyl (C=O) groups is 1. The molecule has 2 heteroatoms. The van der Waals surface area contributed by atoms with Crippen molar-refractivity contribution < 1.29 is 4.79 Å². The van der Waals surface area contributed by atoms with E-state index in [-0.39, 0.29) is 11.9 Å². The number of amides is 1. The molecule has 0 aromatic heterocycles. The molecule has 1 aromatic carbocycles. The Balaban J connectivity index is 2.20. The molecule has 1 aromatic rings. The fourth-order valence-electron chi connectivity index (χ4n) is 3.30. The van der Waals surface area contributed by atoms with Crippen molar-refractivity contribution in [3.8, 4) is 0 Å². The molecule has 1 amide bonds. The third-order valence-electron chi connectivity index (χ3n) is 4.99. The summed E-state index contributed by atoms with van der Waals surface area (Å²) in [7, 11) is 0. The van der Waals surface area contributed by atoms with Crippen molar-refractivity contribution in [2.24, 2.45) is 0 Å². The Morgan fingerprint density at radius 2 is 1.38 bits per heavy atom. The molecular formula is C24H39NO. The summed E-state index contributed by atoms with van der Waals surface area (Å²) in [6.45, 7) is 7.79. The highest BCUT2D eigenvalue weighted by Crippen LogP contribution is 2.21. The van der Waals surface area contributed by atoms with Crippen LogP contribution in [0.1, 0.15) is 103 Å². The molecule has 0 aliphatic rings. The fourth-order valence-corrected chi connectivity index (χ4v) is 3.30. The van der Waals surface area contributed by atoms with Crippen molar-refractivity contribution in [2.75, 3.05) is 0 Å². The molecule has 146 valence electrons. The van der Waals surface area contributed by atoms with Gasteiger partial charge in [0, 0.05) is 5.57 Å². The molecule has 0 spiro atoms. The SMILES string of the molecule is C=C(C)C(=O)NC(CCCCCCCCCCCCC)c1ccccc1. The second kappa shape index (κ2) is 14.6. The van der Waals surface area contributed by atoms with Gasteiger partial charge in [-0.15, -0.1) is 0 Å². The number of hydrogen-bond acceptors (Lipinski definition) is 1. The summed E-state index contributed by atoms with van der Waals surface area (Å²) in [4.78, 5) is 12.0. The highest BCUT2D eigenvalue weighted by atomic mass is 16.1. The van der Waals surface area contributed by atoms with Gasteiger partial charge in [-0.05, 0) is 18.9 Å². The Morgan fingerprint density at radius 3 is 1.88 bits per heavy atom. The predicted molar refractivity (Wildman–Crippen MR) is 113 cm³/mol. The highest BCUT2D eigenvalue weighted by molar-refractivity contribution is 5.92. The average molecular weight is 358 g/mol. The van der Waals surface area contributed by atoms with Gasteiger partial charge >= 0.3 is 0 Å². The van der Waals surface area contributed by atoms with Crippen LogP contribution in [0.25, 0.3) is 0 Å². The Labute approximate surface area is 161 Å². The zero-order valence-corrected chi connectivity index (χ0v) is 17.1. The van der Waals surface area contributed by atoms with Gasteiger partial charge in [-0.1, -0.05) is 114 Å². The minimum absolute atomic E-state index is 0.0399. The minimum atomic E-state index is -0.0399. The molecule has 0 saturated carbocycles. The topological polar surface area (TPSA) is 29.1 Å². The van der Waals surface area contributed by atoms with Crippen LogP contribution in [0.5, 0.6) is 0 Å². The molecule has 0 saturated heterocycles. The van der Waals surface area contributed by atoms with Gasteiger partial charge in [0.05, 0.1) is 6.04 Å². The first-order valence-corrected chi connectivity index (χ1v) is 10.7. The van der Waals surface area contributed by atoms with Gasteiger partial charge < -0.3 is 5.32 Å². The molecule has 1 rings (SSSR count). The molecular weight excluding hydrogens is 318 g/mol. The lowest BCUT2D eigenvalue weighted by atomic mass is 9.99. The van der Waals surface area contributed by atoms with Gasteiger partial charge in [0.25, 0.3) is 0 Å². The van der Waals surface area contributed by atoms with Gasteiger partial charge in [0.15, 0.2) is 0 Å². The molecule has 0 bridgehead atoms. The molecule has 0 heterocycles. The van der Waals surface area contributed by atoms with E-state index < -0.39 is 0 Å². The van der Waals surface area contributed by atoms with Crippen LogP contribution in [0.2, 0.25) is 0 Å². The zero-order chi connectivity index (χ0) is 19.0. The largest absolute Gasteiger partial charge is 0.346 e. The van der Waals surface area contributed by atoms with E-state index in [9.17, 15) is 4.79 Å². The zero-order valence-electron chi connectivity index (χ0n) is 17.1. The second-order valence-electron chi connectivity index (χ2n) is 7.54. The molecule has 0 aliphatic carbocycles. The molecule has 0 fully saturated rings. The summed E-state index contributed by atoms with van der Waals surface area (Å²) in [6, 6.07) is 10.4. The van der Waals surface area contributed by atoms with Crippen molar-refractivity contribution in [3.05, 3.63) is 48.0 Å². The van der Waals surface area contributed by atoms with Crippen molar-refractivity contribution in [2.45, 2.75) is 96.9 Å². The van der Waals surface area contributed by atoms with Crippen LogP contribution in [-0.2, 0) is 4.79 Å². The number of hydrogen-bond donors (Lipinski definition) is 1. The van der Waals surface area contributed by atoms with Crippen molar-refractivity contribution in [1.29, 1.82) is 0 Å². The monoisotopic (exact) mass is 357 g/mol. The summed E-state index contributed by atoms with van der Waals surface area (Å²) in [5.41, 5.74) is 1.76. The van der Waals surface area contributed by atoms with Crippen molar-refractivity contribution >= 4 is 5.91 Å². The molecule has 1 N–H and O–H groups in total. The Kier molecular flexibility index (Phi) is 12.6. The molecule has 26 heavy (non-hydrogen) atoms. The van der Waals surface area contributed by atoms with Crippen LogP contribution in [0.4, 0.5) is 0 Å². The normalized spacial score (nSPS) is 11.9. The van der Waals surface area contributed by atoms with Gasteiger partial charge in [-0.25, -0.2) is 0 Å². The van der Waals surface area contributed by atoms with Gasteiger partial charge in [0.2, 0.25) is 5.91 Å². The Morgan fingerprint density at radius 1 is 0.885 bits per heavy atom. The summed E-state index contributed by atoms with van der Waals surface area (Å²) in [5, 5.41) is 3.13. The van der Waals surface area contributed by atoms with Gasteiger partial charge in [-0.3, -0.25) is 4.79 Å². The van der Waals surface area contributed by atoms with E-state index in [0.717, 1.165) is 12.8 Å². The van der Waals surface area contributed by atoms with E-state index in [1.165, 1.54) is 69.8 Å². The van der Waals surface area contributed by atoms with E-state index in [1.807, 2.05) is 18.2 Å². The van der Waals surface area contributed by atoms with E-state index in [0.29, 0.717) is 5.57 Å². The first-order chi connectivity index (χ1) is 12.6. The van der Waals surface area contributed by atoms with Crippen LogP contribution in [0.3, 0.4) is 0 Å². The van der Waals surface area contributed by atoms with Crippen LogP contribution in [0.15, 0.2) is 42.5 Å². The first-order valence-electron chi connectivity index (χ1n) is 10.7. The van der Waals surface area contributed by atoms with E-state index in [1.54, 1.807) is 6.92 Å². The van der Waals surface area contributed by atoms with Crippen LogP contribution >= 0.6 is 0 Å². The summed E-state index contributed by atoms with van der Waals surface area (Å²) in [5.74, 6) is -0.0399. The summed E-state index contributed by atoms with van der Waals surface area (Å²) >= 11 is 0. The standard InChI is InChI=1S/C24H39NO/c1-4-5-6-7-8-9-10-11-12-13-17-20-23(25-24(26)21(2)3)22-18-15-14-16-19-22/h14-16,18-19,23H,2,4-13,17,20H2,1,3H3,(H,25,26). The lowest BCUT2D eigenvalue weighted by Crippen LogP contribution is -2.28. The van der Waals surface area contributed by atoms with Crippen molar-refractivity contribution in [1.82, 2.24) is 5.32 Å². The third-order valence-corrected chi connectivity index (χ3v) is 4.99. The third kappa shape index (κ3) is 10.4. The first kappa shape index (κ1) is 22.5. The maximum absolute atomic E-state index is 12.0. The quantitative estimate of drug-likeness (QED) is 0.263. The molecule has 0 radical (unpaired) electrons. The molecule has 1 atom stereocenters. The smallest absolute Gasteiger partial charge is 0.246 e. The summed E-state index contributed by atoms with van der Waals surface area (Å²) < 4.78 is 0. The molecule has 1 unspecified atom stereocenters. The van der Waals surface area contributed by atoms with E-state index in [4.69, 9.17) is 0 Å². The highest BCUT2D eigenvalue weighted by Gasteiger charge is 2.14. The molecule has 0 aliphatic heterocycles. The minimum Gasteiger partial charge on any atom is -0.346 e. The van der Waals surface area contributed by atoms with E-state index in [2.05, 4.69) is 31.0 Å². The van der Waals surface area contributed by atoms with E-state index >= 15 is 0 Å². The van der Waals surface area contributed by atoms with Crippen LogP contribution < -0.4 is 5.32 Å². The number of benzene rings is 1. The lowest BCUT2D eigenvalue weighted by Gasteiger charge is -2.19. The maximum Gasteiger partial charge on any atom is 0.246 e. The Bertz CT molecular complexity index is 494. The number of rotatable bonds is 15. The average Bonchev–Trinajstić information content (AvgIpc) is 2.65. The fraction of sp³-hybridized carbons (Fsp3) is 0.625. The number of nitrogens with one attached hydrogen (secondary N) is 1. The van der Waals surface area contributed by atoms with Gasteiger partial charge in [-0.2, -0.15) is 0 Å². The Hall–Kier alpha value is -1.57. The number of carbonyl (C=O) groups excluding carboxylic acids is 1. The molecule has 2 nitrogen and oxygen atoms in total. The second-order valence-corrected chi connectivity index (χ2v) is 7.54.